The average molecular weight is 253 g/mol. The Labute approximate surface area is 114 Å². The monoisotopic (exact) mass is 253 g/mol. The predicted octanol–water partition coefficient (Wildman–Crippen LogP) is 3.77. The zero-order chi connectivity index (χ0) is 14.0. The van der Waals surface area contributed by atoms with Crippen molar-refractivity contribution in [1.29, 1.82) is 0 Å². The normalized spacial score (nSPS) is 11.3. The number of hydrogen-bond donors (Lipinski definition) is 1. The lowest BCUT2D eigenvalue weighted by atomic mass is 9.98. The molecule has 0 aliphatic carbocycles. The number of hydrogen-bond acceptors (Lipinski definition) is 1. The highest BCUT2D eigenvalue weighted by Crippen LogP contribution is 2.24. The molecule has 0 aromatic heterocycles. The highest BCUT2D eigenvalue weighted by Gasteiger charge is 2.18. The van der Waals surface area contributed by atoms with Gasteiger partial charge < -0.3 is 5.32 Å². The molecule has 0 atom stereocenters. The second kappa shape index (κ2) is 4.88. The number of fused-ring (bicyclic) bond motifs is 1. The van der Waals surface area contributed by atoms with E-state index in [0.717, 1.165) is 16.3 Å². The quantitative estimate of drug-likeness (QED) is 0.811. The molecule has 2 aromatic rings. The fourth-order valence-electron chi connectivity index (χ4n) is 2.03. The van der Waals surface area contributed by atoms with Gasteiger partial charge >= 0.3 is 0 Å². The standard InChI is InChI=1S/C17H19NO/c1-12(16(19)18-17(2,3)4)14-11-7-9-13-8-5-6-10-15(13)14/h5-11H,1H2,2-4H3,(H,18,19). The van der Waals surface area contributed by atoms with Crippen LogP contribution >= 0.6 is 0 Å². The molecule has 2 rings (SSSR count). The first kappa shape index (κ1) is 13.3. The molecule has 1 N–H and O–H groups in total. The molecule has 0 heterocycles. The zero-order valence-electron chi connectivity index (χ0n) is 11.7. The van der Waals surface area contributed by atoms with Gasteiger partial charge in [-0.3, -0.25) is 4.79 Å². The van der Waals surface area contributed by atoms with Crippen LogP contribution in [0, 0.1) is 0 Å². The summed E-state index contributed by atoms with van der Waals surface area (Å²) in [7, 11) is 0. The van der Waals surface area contributed by atoms with Gasteiger partial charge in [0.25, 0.3) is 5.91 Å². The summed E-state index contributed by atoms with van der Waals surface area (Å²) in [6.45, 7) is 9.83. The van der Waals surface area contributed by atoms with Gasteiger partial charge in [0.15, 0.2) is 0 Å². The molecule has 2 heteroatoms. The molecule has 0 aliphatic rings. The zero-order valence-corrected chi connectivity index (χ0v) is 11.7. The van der Waals surface area contributed by atoms with Gasteiger partial charge in [0, 0.05) is 11.1 Å². The van der Waals surface area contributed by atoms with E-state index in [1.54, 1.807) is 0 Å². The van der Waals surface area contributed by atoms with Gasteiger partial charge in [-0.2, -0.15) is 0 Å². The molecule has 0 saturated heterocycles. The maximum atomic E-state index is 12.2. The van der Waals surface area contributed by atoms with E-state index in [2.05, 4.69) is 11.9 Å². The minimum atomic E-state index is -0.259. The van der Waals surface area contributed by atoms with E-state index in [1.807, 2.05) is 63.2 Å². The molecule has 0 bridgehead atoms. The van der Waals surface area contributed by atoms with Crippen molar-refractivity contribution >= 4 is 22.3 Å². The maximum absolute atomic E-state index is 12.2. The Morgan fingerprint density at radius 1 is 1.05 bits per heavy atom. The largest absolute Gasteiger partial charge is 0.347 e. The number of rotatable bonds is 2. The van der Waals surface area contributed by atoms with E-state index in [-0.39, 0.29) is 11.4 Å². The molecule has 0 radical (unpaired) electrons. The number of carbonyl (C=O) groups excluding carboxylic acids is 1. The van der Waals surface area contributed by atoms with Gasteiger partial charge in [-0.25, -0.2) is 0 Å². The molecule has 0 aliphatic heterocycles. The lowest BCUT2D eigenvalue weighted by molar-refractivity contribution is -0.116. The van der Waals surface area contributed by atoms with Gasteiger partial charge in [-0.15, -0.1) is 0 Å². The van der Waals surface area contributed by atoms with Crippen molar-refractivity contribution in [3.05, 3.63) is 54.6 Å². The van der Waals surface area contributed by atoms with E-state index in [1.165, 1.54) is 0 Å². The summed E-state index contributed by atoms with van der Waals surface area (Å²) in [5.41, 5.74) is 1.14. The summed E-state index contributed by atoms with van der Waals surface area (Å²) in [5, 5.41) is 5.11. The second-order valence-electron chi connectivity index (χ2n) is 5.71. The predicted molar refractivity (Wildman–Crippen MR) is 80.9 cm³/mol. The van der Waals surface area contributed by atoms with Crippen molar-refractivity contribution < 1.29 is 4.79 Å². The fraction of sp³-hybridized carbons (Fsp3) is 0.235. The van der Waals surface area contributed by atoms with Crippen LogP contribution in [0.2, 0.25) is 0 Å². The van der Waals surface area contributed by atoms with Gasteiger partial charge in [-0.1, -0.05) is 49.0 Å². The van der Waals surface area contributed by atoms with Gasteiger partial charge in [-0.05, 0) is 37.1 Å². The van der Waals surface area contributed by atoms with Crippen LogP contribution in [-0.4, -0.2) is 11.4 Å². The van der Waals surface area contributed by atoms with Crippen LogP contribution in [0.15, 0.2) is 49.0 Å². The Kier molecular flexibility index (Phi) is 3.43. The topological polar surface area (TPSA) is 29.1 Å². The molecule has 0 saturated carbocycles. The molecule has 0 fully saturated rings. The molecule has 0 spiro atoms. The second-order valence-corrected chi connectivity index (χ2v) is 5.71. The van der Waals surface area contributed by atoms with E-state index in [9.17, 15) is 4.79 Å². The van der Waals surface area contributed by atoms with Crippen molar-refractivity contribution in [2.45, 2.75) is 26.3 Å². The van der Waals surface area contributed by atoms with E-state index in [4.69, 9.17) is 0 Å². The van der Waals surface area contributed by atoms with E-state index in [0.29, 0.717) is 5.57 Å². The summed E-state index contributed by atoms with van der Waals surface area (Å²) < 4.78 is 0. The van der Waals surface area contributed by atoms with Gasteiger partial charge in [0.2, 0.25) is 0 Å². The fourth-order valence-corrected chi connectivity index (χ4v) is 2.03. The summed E-state index contributed by atoms with van der Waals surface area (Å²) in [4.78, 5) is 12.2. The highest BCUT2D eigenvalue weighted by molar-refractivity contribution is 6.22. The van der Waals surface area contributed by atoms with Crippen LogP contribution in [0.5, 0.6) is 0 Å². The Balaban J connectivity index is 2.40. The minimum Gasteiger partial charge on any atom is -0.347 e. The molecule has 98 valence electrons. The molecule has 19 heavy (non-hydrogen) atoms. The maximum Gasteiger partial charge on any atom is 0.251 e. The van der Waals surface area contributed by atoms with Crippen molar-refractivity contribution in [3.63, 3.8) is 0 Å². The van der Waals surface area contributed by atoms with Crippen molar-refractivity contribution in [2.24, 2.45) is 0 Å². The highest BCUT2D eigenvalue weighted by atomic mass is 16.1. The Morgan fingerprint density at radius 2 is 1.68 bits per heavy atom. The van der Waals surface area contributed by atoms with Crippen LogP contribution in [0.1, 0.15) is 26.3 Å². The molecule has 1 amide bonds. The third kappa shape index (κ3) is 3.02. The average Bonchev–Trinajstić information content (AvgIpc) is 2.35. The first-order valence-electron chi connectivity index (χ1n) is 6.38. The Bertz CT molecular complexity index is 630. The number of carbonyl (C=O) groups is 1. The first-order valence-corrected chi connectivity index (χ1v) is 6.38. The lowest BCUT2D eigenvalue weighted by Gasteiger charge is -2.21. The number of nitrogens with one attached hydrogen (secondary N) is 1. The minimum absolute atomic E-state index is 0.121. The summed E-state index contributed by atoms with van der Waals surface area (Å²) >= 11 is 0. The Hall–Kier alpha value is -2.09. The third-order valence-electron chi connectivity index (χ3n) is 2.88. The molecule has 0 unspecified atom stereocenters. The van der Waals surface area contributed by atoms with Gasteiger partial charge in [0.1, 0.15) is 0 Å². The van der Waals surface area contributed by atoms with Crippen LogP contribution in [0.25, 0.3) is 16.3 Å². The van der Waals surface area contributed by atoms with Crippen LogP contribution in [0.4, 0.5) is 0 Å². The molecule has 2 aromatic carbocycles. The summed E-state index contributed by atoms with van der Waals surface area (Å²) in [6.07, 6.45) is 0. The first-order chi connectivity index (χ1) is 8.88. The van der Waals surface area contributed by atoms with Crippen LogP contribution < -0.4 is 5.32 Å². The number of benzene rings is 2. The van der Waals surface area contributed by atoms with Crippen molar-refractivity contribution in [3.8, 4) is 0 Å². The smallest absolute Gasteiger partial charge is 0.251 e. The lowest BCUT2D eigenvalue weighted by Crippen LogP contribution is -2.40. The van der Waals surface area contributed by atoms with E-state index >= 15 is 0 Å². The number of amides is 1. The third-order valence-corrected chi connectivity index (χ3v) is 2.88. The van der Waals surface area contributed by atoms with Crippen LogP contribution in [0.3, 0.4) is 0 Å². The van der Waals surface area contributed by atoms with E-state index < -0.39 is 0 Å². The summed E-state index contributed by atoms with van der Waals surface area (Å²) in [5.74, 6) is -0.121. The van der Waals surface area contributed by atoms with Gasteiger partial charge in [0.05, 0.1) is 0 Å². The molecular weight excluding hydrogens is 234 g/mol. The van der Waals surface area contributed by atoms with Crippen molar-refractivity contribution in [2.75, 3.05) is 0 Å². The van der Waals surface area contributed by atoms with Crippen molar-refractivity contribution in [1.82, 2.24) is 5.32 Å². The summed E-state index contributed by atoms with van der Waals surface area (Å²) in [6, 6.07) is 13.9. The van der Waals surface area contributed by atoms with Crippen LogP contribution in [-0.2, 0) is 4.79 Å². The molecular formula is C17H19NO. The Morgan fingerprint density at radius 3 is 2.37 bits per heavy atom. The molecule has 2 nitrogen and oxygen atoms in total. The SMILES string of the molecule is C=C(C(=O)NC(C)(C)C)c1cccc2ccccc12.